The summed E-state index contributed by atoms with van der Waals surface area (Å²) in [4.78, 5) is 0. The lowest BCUT2D eigenvalue weighted by Crippen LogP contribution is -2.17. The van der Waals surface area contributed by atoms with Gasteiger partial charge in [-0.15, -0.1) is 0 Å². The van der Waals surface area contributed by atoms with Crippen molar-refractivity contribution in [1.82, 2.24) is 0 Å². The first-order valence-corrected chi connectivity index (χ1v) is 4.51. The van der Waals surface area contributed by atoms with Crippen LogP contribution in [0.4, 0.5) is 8.78 Å². The highest BCUT2D eigenvalue weighted by Gasteiger charge is 2.21. The molecule has 0 aliphatic carbocycles. The number of phenolic OH excluding ortho intramolecular Hbond substituents is 1. The standard InChI is InChI=1S/C8H8BrF2NO2/c9-3-1-4(10)8(14)6(7(3)11)5(12)2-13/h1,5,13-14H,2,12H2/t5-/m1/s1. The normalized spacial score (nSPS) is 12.9. The Morgan fingerprint density at radius 2 is 2.07 bits per heavy atom. The third kappa shape index (κ3) is 1.87. The van der Waals surface area contributed by atoms with Gasteiger partial charge >= 0.3 is 0 Å². The first kappa shape index (κ1) is 11.4. The number of phenols is 1. The van der Waals surface area contributed by atoms with Gasteiger partial charge in [0.15, 0.2) is 11.6 Å². The van der Waals surface area contributed by atoms with Crippen molar-refractivity contribution in [2.24, 2.45) is 5.73 Å². The zero-order valence-corrected chi connectivity index (χ0v) is 8.55. The van der Waals surface area contributed by atoms with E-state index in [1.807, 2.05) is 0 Å². The number of aromatic hydroxyl groups is 1. The van der Waals surface area contributed by atoms with Gasteiger partial charge in [0.25, 0.3) is 0 Å². The lowest BCUT2D eigenvalue weighted by molar-refractivity contribution is 0.261. The smallest absolute Gasteiger partial charge is 0.166 e. The van der Waals surface area contributed by atoms with Crippen molar-refractivity contribution in [3.63, 3.8) is 0 Å². The van der Waals surface area contributed by atoms with Crippen LogP contribution in [-0.2, 0) is 0 Å². The van der Waals surface area contributed by atoms with Crippen LogP contribution in [0.5, 0.6) is 5.75 Å². The Morgan fingerprint density at radius 3 is 2.57 bits per heavy atom. The fourth-order valence-electron chi connectivity index (χ4n) is 1.03. The molecule has 0 unspecified atom stereocenters. The van der Waals surface area contributed by atoms with Crippen LogP contribution in [0.25, 0.3) is 0 Å². The van der Waals surface area contributed by atoms with Crippen LogP contribution in [0, 0.1) is 11.6 Å². The van der Waals surface area contributed by atoms with Crippen molar-refractivity contribution >= 4 is 15.9 Å². The maximum atomic E-state index is 13.3. The van der Waals surface area contributed by atoms with Gasteiger partial charge in [0, 0.05) is 0 Å². The van der Waals surface area contributed by atoms with Crippen LogP contribution in [0.1, 0.15) is 11.6 Å². The monoisotopic (exact) mass is 267 g/mol. The van der Waals surface area contributed by atoms with Crippen LogP contribution in [0.3, 0.4) is 0 Å². The minimum atomic E-state index is -1.15. The zero-order chi connectivity index (χ0) is 10.9. The van der Waals surface area contributed by atoms with Gasteiger partial charge in [0.05, 0.1) is 22.7 Å². The number of aliphatic hydroxyl groups excluding tert-OH is 1. The summed E-state index contributed by atoms with van der Waals surface area (Å²) in [5, 5.41) is 17.9. The third-order valence-electron chi connectivity index (χ3n) is 1.75. The molecule has 1 aromatic rings. The molecular weight excluding hydrogens is 260 g/mol. The van der Waals surface area contributed by atoms with Crippen LogP contribution in [0.2, 0.25) is 0 Å². The molecule has 0 fully saturated rings. The summed E-state index contributed by atoms with van der Waals surface area (Å²) >= 11 is 2.77. The highest BCUT2D eigenvalue weighted by atomic mass is 79.9. The Kier molecular flexibility index (Phi) is 3.41. The largest absolute Gasteiger partial charge is 0.505 e. The summed E-state index contributed by atoms with van der Waals surface area (Å²) in [6, 6.07) is -0.361. The second-order valence-corrected chi connectivity index (χ2v) is 3.56. The summed E-state index contributed by atoms with van der Waals surface area (Å²) < 4.78 is 26.1. The molecule has 1 rings (SSSR count). The first-order valence-electron chi connectivity index (χ1n) is 3.71. The number of benzene rings is 1. The third-order valence-corrected chi connectivity index (χ3v) is 2.33. The minimum Gasteiger partial charge on any atom is -0.505 e. The summed E-state index contributed by atoms with van der Waals surface area (Å²) in [5.41, 5.74) is 4.87. The molecule has 3 nitrogen and oxygen atoms in total. The van der Waals surface area contributed by atoms with Crippen molar-refractivity contribution < 1.29 is 19.0 Å². The molecule has 1 atom stereocenters. The fraction of sp³-hybridized carbons (Fsp3) is 0.250. The molecule has 6 heteroatoms. The average molecular weight is 268 g/mol. The van der Waals surface area contributed by atoms with E-state index in [0.29, 0.717) is 0 Å². The molecule has 0 saturated carbocycles. The highest BCUT2D eigenvalue weighted by molar-refractivity contribution is 9.10. The molecule has 0 spiro atoms. The van der Waals surface area contributed by atoms with E-state index >= 15 is 0 Å². The number of halogens is 3. The summed E-state index contributed by atoms with van der Waals surface area (Å²) in [5.74, 6) is -2.73. The zero-order valence-electron chi connectivity index (χ0n) is 6.97. The van der Waals surface area contributed by atoms with E-state index in [1.54, 1.807) is 0 Å². The molecular formula is C8H8BrF2NO2. The summed E-state index contributed by atoms with van der Waals surface area (Å²) in [6.45, 7) is -0.583. The van der Waals surface area contributed by atoms with E-state index in [-0.39, 0.29) is 4.47 Å². The maximum Gasteiger partial charge on any atom is 0.166 e. The van der Waals surface area contributed by atoms with Gasteiger partial charge in [0.2, 0.25) is 0 Å². The number of aliphatic hydroxyl groups is 1. The number of rotatable bonds is 2. The molecule has 0 aliphatic heterocycles. The predicted octanol–water partition coefficient (Wildman–Crippen LogP) is 1.42. The van der Waals surface area contributed by atoms with Gasteiger partial charge in [-0.1, -0.05) is 0 Å². The lowest BCUT2D eigenvalue weighted by Gasteiger charge is -2.13. The molecule has 0 heterocycles. The Balaban J connectivity index is 3.39. The Hall–Kier alpha value is -0.720. The van der Waals surface area contributed by atoms with E-state index < -0.39 is 35.6 Å². The quantitative estimate of drug-likeness (QED) is 0.711. The van der Waals surface area contributed by atoms with Crippen molar-refractivity contribution in [2.45, 2.75) is 6.04 Å². The summed E-state index contributed by atoms with van der Waals surface area (Å²) in [7, 11) is 0. The van der Waals surface area contributed by atoms with Crippen molar-refractivity contribution in [3.05, 3.63) is 27.7 Å². The molecule has 0 amide bonds. The van der Waals surface area contributed by atoms with Gasteiger partial charge < -0.3 is 15.9 Å². The maximum absolute atomic E-state index is 13.3. The molecule has 78 valence electrons. The summed E-state index contributed by atoms with van der Waals surface area (Å²) in [6.07, 6.45) is 0. The van der Waals surface area contributed by atoms with Gasteiger partial charge in [-0.25, -0.2) is 8.78 Å². The minimum absolute atomic E-state index is 0.147. The molecule has 1 aromatic carbocycles. The Morgan fingerprint density at radius 1 is 1.50 bits per heavy atom. The molecule has 0 radical (unpaired) electrons. The van der Waals surface area contributed by atoms with Crippen LogP contribution in [-0.4, -0.2) is 16.8 Å². The van der Waals surface area contributed by atoms with Gasteiger partial charge in [-0.2, -0.15) is 0 Å². The van der Waals surface area contributed by atoms with Gasteiger partial charge in [0.1, 0.15) is 5.82 Å². The Labute approximate surface area is 87.3 Å². The average Bonchev–Trinajstić information content (AvgIpc) is 2.15. The molecule has 0 bridgehead atoms. The van der Waals surface area contributed by atoms with E-state index in [1.165, 1.54) is 0 Å². The second kappa shape index (κ2) is 4.20. The van der Waals surface area contributed by atoms with Crippen molar-refractivity contribution in [3.8, 4) is 5.75 Å². The van der Waals surface area contributed by atoms with Gasteiger partial charge in [-0.05, 0) is 22.0 Å². The number of nitrogens with two attached hydrogens (primary N) is 1. The van der Waals surface area contributed by atoms with E-state index in [2.05, 4.69) is 15.9 Å². The lowest BCUT2D eigenvalue weighted by atomic mass is 10.1. The Bertz CT molecular complexity index is 333. The topological polar surface area (TPSA) is 66.5 Å². The molecule has 0 aromatic heterocycles. The van der Waals surface area contributed by atoms with Crippen molar-refractivity contribution in [2.75, 3.05) is 6.61 Å². The fourth-order valence-corrected chi connectivity index (χ4v) is 1.45. The number of hydrogen-bond acceptors (Lipinski definition) is 3. The van der Waals surface area contributed by atoms with E-state index in [0.717, 1.165) is 6.07 Å². The molecule has 4 N–H and O–H groups in total. The van der Waals surface area contributed by atoms with Crippen LogP contribution < -0.4 is 5.73 Å². The first-order chi connectivity index (χ1) is 6.49. The molecule has 0 aliphatic rings. The predicted molar refractivity (Wildman–Crippen MR) is 49.7 cm³/mol. The van der Waals surface area contributed by atoms with Gasteiger partial charge in [-0.3, -0.25) is 0 Å². The molecule has 0 saturated heterocycles. The van der Waals surface area contributed by atoms with Crippen LogP contribution in [0.15, 0.2) is 10.5 Å². The second-order valence-electron chi connectivity index (χ2n) is 2.71. The highest BCUT2D eigenvalue weighted by Crippen LogP contribution is 2.33. The van der Waals surface area contributed by atoms with Crippen LogP contribution >= 0.6 is 15.9 Å². The van der Waals surface area contributed by atoms with E-state index in [4.69, 9.17) is 10.8 Å². The molecule has 14 heavy (non-hydrogen) atoms. The SMILES string of the molecule is N[C@H](CO)c1c(O)c(F)cc(Br)c1F. The number of hydrogen-bond donors (Lipinski definition) is 3. The van der Waals surface area contributed by atoms with E-state index in [9.17, 15) is 13.9 Å². The van der Waals surface area contributed by atoms with Crippen molar-refractivity contribution in [1.29, 1.82) is 0 Å².